The van der Waals surface area contributed by atoms with Crippen molar-refractivity contribution in [2.75, 3.05) is 0 Å². The molecule has 0 amide bonds. The molecule has 2 heterocycles. The predicted molar refractivity (Wildman–Crippen MR) is 87.8 cm³/mol. The molecule has 0 aliphatic heterocycles. The number of nitrogens with one attached hydrogen (secondary N) is 1. The molecular formula is C17H14N2O3S. The molecule has 1 aromatic carbocycles. The first kappa shape index (κ1) is 14.1. The molecular weight excluding hydrogens is 312 g/mol. The molecule has 0 atom stereocenters. The van der Waals surface area contributed by atoms with E-state index >= 15 is 0 Å². The number of esters is 1. The molecule has 1 N–H and O–H groups in total. The molecule has 0 fully saturated rings. The molecule has 0 radical (unpaired) electrons. The van der Waals surface area contributed by atoms with Crippen LogP contribution in [0.3, 0.4) is 0 Å². The van der Waals surface area contributed by atoms with Crippen molar-refractivity contribution in [2.24, 2.45) is 0 Å². The molecule has 23 heavy (non-hydrogen) atoms. The van der Waals surface area contributed by atoms with E-state index in [-0.39, 0.29) is 17.7 Å². The van der Waals surface area contributed by atoms with Gasteiger partial charge in [-0.2, -0.15) is 0 Å². The van der Waals surface area contributed by atoms with E-state index in [1.165, 1.54) is 11.3 Å². The minimum atomic E-state index is -0.597. The molecule has 0 spiro atoms. The van der Waals surface area contributed by atoms with Gasteiger partial charge in [-0.05, 0) is 43.0 Å². The van der Waals surface area contributed by atoms with Crippen LogP contribution in [0, 0.1) is 0 Å². The Balaban J connectivity index is 1.53. The van der Waals surface area contributed by atoms with Crippen LogP contribution in [0.1, 0.15) is 33.0 Å². The van der Waals surface area contributed by atoms with Crippen LogP contribution in [0.4, 0.5) is 0 Å². The number of hydrogen-bond donors (Lipinski definition) is 1. The highest BCUT2D eigenvalue weighted by Gasteiger charge is 2.19. The van der Waals surface area contributed by atoms with Crippen LogP contribution in [-0.2, 0) is 24.2 Å². The van der Waals surface area contributed by atoms with Crippen LogP contribution in [-0.4, -0.2) is 15.9 Å². The van der Waals surface area contributed by atoms with Gasteiger partial charge in [0.25, 0.3) is 5.56 Å². The Hall–Kier alpha value is -2.47. The summed E-state index contributed by atoms with van der Waals surface area (Å²) >= 11 is 1.48. The number of aromatic nitrogens is 2. The molecule has 0 saturated carbocycles. The Morgan fingerprint density at radius 1 is 1.30 bits per heavy atom. The van der Waals surface area contributed by atoms with E-state index in [1.807, 2.05) is 24.3 Å². The molecule has 2 aromatic heterocycles. The number of pyridine rings is 1. The Labute approximate surface area is 136 Å². The first-order valence-corrected chi connectivity index (χ1v) is 8.29. The zero-order chi connectivity index (χ0) is 15.8. The lowest BCUT2D eigenvalue weighted by Crippen LogP contribution is -2.21. The maximum absolute atomic E-state index is 12.2. The number of nitrogens with zero attached hydrogens (tertiary/aromatic N) is 1. The number of thiazole rings is 1. The van der Waals surface area contributed by atoms with E-state index in [2.05, 4.69) is 9.97 Å². The van der Waals surface area contributed by atoms with Gasteiger partial charge >= 0.3 is 5.97 Å². The maximum Gasteiger partial charge on any atom is 0.344 e. The van der Waals surface area contributed by atoms with E-state index in [9.17, 15) is 9.59 Å². The van der Waals surface area contributed by atoms with Gasteiger partial charge in [-0.15, -0.1) is 11.3 Å². The number of aryl methyl sites for hydroxylation is 2. The number of rotatable bonds is 3. The molecule has 0 saturated heterocycles. The van der Waals surface area contributed by atoms with Crippen molar-refractivity contribution in [2.45, 2.75) is 25.9 Å². The largest absolute Gasteiger partial charge is 0.455 e. The van der Waals surface area contributed by atoms with Gasteiger partial charge in [0.2, 0.25) is 0 Å². The number of carbonyl (C=O) groups excluding carboxylic acids is 1. The Morgan fingerprint density at radius 3 is 3.04 bits per heavy atom. The van der Waals surface area contributed by atoms with Crippen molar-refractivity contribution < 1.29 is 9.53 Å². The van der Waals surface area contributed by atoms with Gasteiger partial charge in [0.05, 0.1) is 10.2 Å². The van der Waals surface area contributed by atoms with E-state index in [0.29, 0.717) is 0 Å². The Kier molecular flexibility index (Phi) is 3.46. The predicted octanol–water partition coefficient (Wildman–Crippen LogP) is 2.83. The fourth-order valence-corrected chi connectivity index (χ4v) is 3.73. The van der Waals surface area contributed by atoms with Crippen LogP contribution >= 0.6 is 11.3 Å². The van der Waals surface area contributed by atoms with E-state index in [0.717, 1.165) is 45.7 Å². The SMILES string of the molecule is O=C(OCc1nc2ccccc2s1)c1cc2c([nH]c1=O)CCC2. The van der Waals surface area contributed by atoms with Crippen molar-refractivity contribution in [3.8, 4) is 0 Å². The summed E-state index contributed by atoms with van der Waals surface area (Å²) in [6, 6.07) is 9.43. The number of carbonyl (C=O) groups is 1. The van der Waals surface area contributed by atoms with Crippen LogP contribution < -0.4 is 5.56 Å². The second-order valence-corrected chi connectivity index (χ2v) is 6.64. The van der Waals surface area contributed by atoms with Gasteiger partial charge in [0, 0.05) is 5.69 Å². The fourth-order valence-electron chi connectivity index (χ4n) is 2.85. The van der Waals surface area contributed by atoms with Gasteiger partial charge in [-0.3, -0.25) is 4.79 Å². The fraction of sp³-hybridized carbons (Fsp3) is 0.235. The smallest absolute Gasteiger partial charge is 0.344 e. The van der Waals surface area contributed by atoms with Crippen LogP contribution in [0.5, 0.6) is 0 Å². The highest BCUT2D eigenvalue weighted by molar-refractivity contribution is 7.18. The molecule has 4 rings (SSSR count). The lowest BCUT2D eigenvalue weighted by molar-refractivity contribution is 0.0470. The van der Waals surface area contributed by atoms with Crippen molar-refractivity contribution >= 4 is 27.5 Å². The lowest BCUT2D eigenvalue weighted by Gasteiger charge is -2.04. The number of benzene rings is 1. The standard InChI is InChI=1S/C17H14N2O3S/c20-16-11(8-10-4-3-6-12(10)19-16)17(21)22-9-15-18-13-5-1-2-7-14(13)23-15/h1-2,5,7-8H,3-4,6,9H2,(H,19,20). The second kappa shape index (κ2) is 5.62. The highest BCUT2D eigenvalue weighted by atomic mass is 32.1. The number of para-hydroxylation sites is 1. The summed E-state index contributed by atoms with van der Waals surface area (Å²) in [5.41, 5.74) is 2.57. The van der Waals surface area contributed by atoms with Crippen LogP contribution in [0.2, 0.25) is 0 Å². The van der Waals surface area contributed by atoms with Gasteiger partial charge in [-0.25, -0.2) is 9.78 Å². The van der Waals surface area contributed by atoms with E-state index in [1.54, 1.807) is 6.07 Å². The minimum Gasteiger partial charge on any atom is -0.455 e. The third-order valence-corrected chi connectivity index (χ3v) is 4.98. The van der Waals surface area contributed by atoms with Gasteiger partial charge in [0.15, 0.2) is 0 Å². The summed E-state index contributed by atoms with van der Waals surface area (Å²) in [5, 5.41) is 0.720. The molecule has 116 valence electrons. The summed E-state index contributed by atoms with van der Waals surface area (Å²) < 4.78 is 6.32. The summed E-state index contributed by atoms with van der Waals surface area (Å²) in [6.07, 6.45) is 2.77. The summed E-state index contributed by atoms with van der Waals surface area (Å²) in [6.45, 7) is 0.0781. The number of fused-ring (bicyclic) bond motifs is 2. The molecule has 3 aromatic rings. The first-order valence-electron chi connectivity index (χ1n) is 7.47. The quantitative estimate of drug-likeness (QED) is 0.751. The molecule has 6 heteroatoms. The Bertz CT molecular complexity index is 925. The zero-order valence-corrected chi connectivity index (χ0v) is 13.1. The third-order valence-electron chi connectivity index (χ3n) is 3.97. The van der Waals surface area contributed by atoms with Crippen molar-refractivity contribution in [1.82, 2.24) is 9.97 Å². The molecule has 0 bridgehead atoms. The van der Waals surface area contributed by atoms with Gasteiger partial charge < -0.3 is 9.72 Å². The second-order valence-electron chi connectivity index (χ2n) is 5.52. The van der Waals surface area contributed by atoms with Crippen LogP contribution in [0.25, 0.3) is 10.2 Å². The average Bonchev–Trinajstić information content (AvgIpc) is 3.17. The third kappa shape index (κ3) is 2.66. The van der Waals surface area contributed by atoms with E-state index in [4.69, 9.17) is 4.74 Å². The summed E-state index contributed by atoms with van der Waals surface area (Å²) in [4.78, 5) is 31.4. The number of H-pyrrole nitrogens is 1. The summed E-state index contributed by atoms with van der Waals surface area (Å²) in [5.74, 6) is -0.597. The Morgan fingerprint density at radius 2 is 2.17 bits per heavy atom. The number of aromatic amines is 1. The molecule has 1 aliphatic rings. The molecule has 5 nitrogen and oxygen atoms in total. The van der Waals surface area contributed by atoms with Crippen molar-refractivity contribution in [3.63, 3.8) is 0 Å². The van der Waals surface area contributed by atoms with Gasteiger partial charge in [-0.1, -0.05) is 12.1 Å². The number of ether oxygens (including phenoxy) is 1. The molecule has 1 aliphatic carbocycles. The van der Waals surface area contributed by atoms with Crippen molar-refractivity contribution in [3.05, 3.63) is 62.5 Å². The normalized spacial score (nSPS) is 13.2. The molecule has 0 unspecified atom stereocenters. The minimum absolute atomic E-state index is 0.0757. The van der Waals surface area contributed by atoms with Crippen LogP contribution in [0.15, 0.2) is 35.1 Å². The first-order chi connectivity index (χ1) is 11.2. The lowest BCUT2D eigenvalue weighted by atomic mass is 10.1. The van der Waals surface area contributed by atoms with E-state index < -0.39 is 5.97 Å². The zero-order valence-electron chi connectivity index (χ0n) is 12.3. The highest BCUT2D eigenvalue weighted by Crippen LogP contribution is 2.22. The van der Waals surface area contributed by atoms with Crippen molar-refractivity contribution in [1.29, 1.82) is 0 Å². The topological polar surface area (TPSA) is 72.0 Å². The maximum atomic E-state index is 12.2. The monoisotopic (exact) mass is 326 g/mol. The summed E-state index contributed by atoms with van der Waals surface area (Å²) in [7, 11) is 0. The average molecular weight is 326 g/mol. The van der Waals surface area contributed by atoms with Gasteiger partial charge in [0.1, 0.15) is 17.2 Å². The number of hydrogen-bond acceptors (Lipinski definition) is 5.